The van der Waals surface area contributed by atoms with Gasteiger partial charge in [-0.3, -0.25) is 19.8 Å². The van der Waals surface area contributed by atoms with Crippen molar-refractivity contribution in [3.8, 4) is 11.5 Å². The minimum absolute atomic E-state index is 0.0236. The van der Waals surface area contributed by atoms with Crippen molar-refractivity contribution in [3.63, 3.8) is 0 Å². The van der Waals surface area contributed by atoms with E-state index in [0.717, 1.165) is 68.2 Å². The molecule has 8 rings (SSSR count). The van der Waals surface area contributed by atoms with Crippen molar-refractivity contribution in [1.29, 1.82) is 0 Å². The number of aromatic amines is 1. The molecule has 5 aromatic rings. The normalized spacial score (nSPS) is 17.7. The second-order valence-electron chi connectivity index (χ2n) is 16.8. The van der Waals surface area contributed by atoms with Gasteiger partial charge in [-0.05, 0) is 103 Å². The summed E-state index contributed by atoms with van der Waals surface area (Å²) in [6.45, 7) is 9.99. The van der Waals surface area contributed by atoms with Crippen LogP contribution in [-0.4, -0.2) is 86.6 Å². The van der Waals surface area contributed by atoms with Gasteiger partial charge in [0.15, 0.2) is 5.75 Å². The molecule has 0 unspecified atom stereocenters. The van der Waals surface area contributed by atoms with Gasteiger partial charge in [0.1, 0.15) is 17.1 Å². The Hall–Kier alpha value is -5.48. The zero-order valence-corrected chi connectivity index (χ0v) is 35.9. The van der Waals surface area contributed by atoms with Crippen molar-refractivity contribution in [3.05, 3.63) is 117 Å². The van der Waals surface area contributed by atoms with Gasteiger partial charge in [-0.15, -0.1) is 0 Å². The zero-order chi connectivity index (χ0) is 42.7. The number of H-pyrrole nitrogens is 1. The highest BCUT2D eigenvalue weighted by atomic mass is 35.5. The summed E-state index contributed by atoms with van der Waals surface area (Å²) in [5.41, 5.74) is 5.29. The molecule has 61 heavy (non-hydrogen) atoms. The number of pyridine rings is 1. The van der Waals surface area contributed by atoms with Gasteiger partial charge < -0.3 is 24.7 Å². The number of sulfonamides is 1. The molecule has 3 aromatic carbocycles. The number of aromatic nitrogens is 2. The number of hydrogen-bond donors (Lipinski definition) is 3. The Morgan fingerprint density at radius 1 is 1.05 bits per heavy atom. The lowest BCUT2D eigenvalue weighted by atomic mass is 9.72. The fourth-order valence-electron chi connectivity index (χ4n) is 8.45. The monoisotopic (exact) mass is 867 g/mol. The lowest BCUT2D eigenvalue weighted by Crippen LogP contribution is -2.47. The molecule has 4 heterocycles. The van der Waals surface area contributed by atoms with Gasteiger partial charge in [0.2, 0.25) is 0 Å². The van der Waals surface area contributed by atoms with Crippen molar-refractivity contribution in [2.45, 2.75) is 50.8 Å². The zero-order valence-electron chi connectivity index (χ0n) is 34.3. The molecular formula is C45H50ClN7O7S. The average molecular weight is 868 g/mol. The van der Waals surface area contributed by atoms with Crippen LogP contribution in [0.3, 0.4) is 0 Å². The first-order valence-electron chi connectivity index (χ1n) is 20.7. The lowest BCUT2D eigenvalue weighted by molar-refractivity contribution is -0.384. The van der Waals surface area contributed by atoms with Crippen molar-refractivity contribution in [2.75, 3.05) is 62.7 Å². The van der Waals surface area contributed by atoms with Crippen LogP contribution in [0.1, 0.15) is 61.9 Å². The summed E-state index contributed by atoms with van der Waals surface area (Å²) in [5, 5.41) is 16.7. The van der Waals surface area contributed by atoms with Gasteiger partial charge in [0.05, 0.1) is 27.3 Å². The van der Waals surface area contributed by atoms with E-state index >= 15 is 0 Å². The number of para-hydroxylation sites is 1. The number of rotatable bonds is 13. The number of hydrogen-bond acceptors (Lipinski definition) is 11. The number of anilines is 2. The average Bonchev–Trinajstić information content (AvgIpc) is 3.72. The fraction of sp³-hybridized carbons (Fsp3) is 0.378. The van der Waals surface area contributed by atoms with E-state index in [1.165, 1.54) is 34.9 Å². The largest absolute Gasteiger partial charge is 0.453 e. The molecule has 2 aliphatic heterocycles. The maximum absolute atomic E-state index is 14.1. The Bertz CT molecular complexity index is 2560. The van der Waals surface area contributed by atoms with E-state index in [0.29, 0.717) is 49.9 Å². The molecule has 0 atom stereocenters. The fourth-order valence-corrected chi connectivity index (χ4v) is 9.57. The highest BCUT2D eigenvalue weighted by Crippen LogP contribution is 2.44. The summed E-state index contributed by atoms with van der Waals surface area (Å²) < 4.78 is 41.6. The number of carbonyl (C=O) groups excluding carboxylic acids is 1. The topological polar surface area (TPSA) is 172 Å². The van der Waals surface area contributed by atoms with Crippen molar-refractivity contribution >= 4 is 61.2 Å². The predicted octanol–water partition coefficient (Wildman–Crippen LogP) is 8.66. The van der Waals surface area contributed by atoms with Crippen LogP contribution < -0.4 is 19.7 Å². The molecular weight excluding hydrogens is 818 g/mol. The minimum Gasteiger partial charge on any atom is -0.453 e. The molecule has 2 aromatic heterocycles. The third-order valence-corrected chi connectivity index (χ3v) is 13.5. The maximum Gasteiger partial charge on any atom is 0.293 e. The van der Waals surface area contributed by atoms with Crippen LogP contribution in [-0.2, 0) is 14.8 Å². The molecule has 2 fully saturated rings. The molecule has 3 aliphatic rings. The van der Waals surface area contributed by atoms with Crippen molar-refractivity contribution < 1.29 is 27.6 Å². The molecule has 1 amide bonds. The van der Waals surface area contributed by atoms with E-state index in [1.54, 1.807) is 24.5 Å². The van der Waals surface area contributed by atoms with E-state index in [9.17, 15) is 23.3 Å². The van der Waals surface area contributed by atoms with Crippen LogP contribution in [0, 0.1) is 21.4 Å². The van der Waals surface area contributed by atoms with Gasteiger partial charge in [0, 0.05) is 75.2 Å². The van der Waals surface area contributed by atoms with E-state index in [-0.39, 0.29) is 28.3 Å². The number of ether oxygens (including phenoxy) is 2. The number of nitrogens with zero attached hydrogens (tertiary/aromatic N) is 4. The second-order valence-corrected chi connectivity index (χ2v) is 19.0. The number of nitro groups is 1. The van der Waals surface area contributed by atoms with Crippen LogP contribution >= 0.6 is 11.6 Å². The van der Waals surface area contributed by atoms with Gasteiger partial charge in [-0.2, -0.15) is 0 Å². The molecule has 0 saturated carbocycles. The van der Waals surface area contributed by atoms with E-state index < -0.39 is 31.4 Å². The quantitative estimate of drug-likeness (QED) is 0.0764. The highest BCUT2D eigenvalue weighted by molar-refractivity contribution is 7.90. The lowest BCUT2D eigenvalue weighted by Gasteiger charge is -2.39. The Kier molecular flexibility index (Phi) is 12.4. The predicted molar refractivity (Wildman–Crippen MR) is 237 cm³/mol. The molecule has 320 valence electrons. The maximum atomic E-state index is 14.1. The number of nitrogens with one attached hydrogen (secondary N) is 3. The number of fused-ring (bicyclic) bond motifs is 1. The first kappa shape index (κ1) is 42.2. The Morgan fingerprint density at radius 2 is 1.82 bits per heavy atom. The summed E-state index contributed by atoms with van der Waals surface area (Å²) in [4.78, 5) is 37.3. The summed E-state index contributed by atoms with van der Waals surface area (Å²) in [6, 6.07) is 20.4. The number of carbonyl (C=O) groups is 1. The van der Waals surface area contributed by atoms with Gasteiger partial charge in [0.25, 0.3) is 21.6 Å². The first-order valence-corrected chi connectivity index (χ1v) is 22.5. The van der Waals surface area contributed by atoms with Crippen LogP contribution in [0.15, 0.2) is 95.7 Å². The van der Waals surface area contributed by atoms with E-state index in [2.05, 4.69) is 55.8 Å². The van der Waals surface area contributed by atoms with Gasteiger partial charge >= 0.3 is 0 Å². The van der Waals surface area contributed by atoms with Crippen LogP contribution in [0.2, 0.25) is 5.02 Å². The van der Waals surface area contributed by atoms with Crippen LogP contribution in [0.5, 0.6) is 11.5 Å². The first-order chi connectivity index (χ1) is 29.3. The van der Waals surface area contributed by atoms with Gasteiger partial charge in [-0.25, -0.2) is 18.1 Å². The SMILES string of the molecule is CC1(C)CCC(CN2CCN(c3cccc(C(=O)NS(=O)(=O)c4ccc(NCC5CCOCC5)c([N+](=O)[O-])c4)c3Oc3cnc4[nH]ccc4c3)CC2)=C(c2ccc(Cl)cc2)C1. The van der Waals surface area contributed by atoms with Crippen molar-refractivity contribution in [1.82, 2.24) is 19.6 Å². The number of piperazine rings is 1. The van der Waals surface area contributed by atoms with Crippen LogP contribution in [0.4, 0.5) is 17.1 Å². The molecule has 16 heteroatoms. The number of amides is 1. The van der Waals surface area contributed by atoms with Crippen LogP contribution in [0.25, 0.3) is 16.6 Å². The molecule has 1 aliphatic carbocycles. The molecule has 2 saturated heterocycles. The number of halogens is 1. The van der Waals surface area contributed by atoms with E-state index in [1.807, 2.05) is 24.3 Å². The molecule has 14 nitrogen and oxygen atoms in total. The molecule has 3 N–H and O–H groups in total. The van der Waals surface area contributed by atoms with Gasteiger partial charge in [-0.1, -0.05) is 49.2 Å². The summed E-state index contributed by atoms with van der Waals surface area (Å²) in [7, 11) is -4.57. The summed E-state index contributed by atoms with van der Waals surface area (Å²) in [5.74, 6) is -0.149. The number of benzene rings is 3. The summed E-state index contributed by atoms with van der Waals surface area (Å²) >= 11 is 6.25. The molecule has 0 bridgehead atoms. The number of nitro benzene ring substituents is 1. The summed E-state index contributed by atoms with van der Waals surface area (Å²) in [6.07, 6.45) is 8.08. The molecule has 0 radical (unpaired) electrons. The Balaban J connectivity index is 1.03. The molecule has 0 spiro atoms. The third kappa shape index (κ3) is 9.86. The third-order valence-electron chi connectivity index (χ3n) is 12.0. The number of allylic oxidation sites excluding steroid dienone is 1. The van der Waals surface area contributed by atoms with Crippen molar-refractivity contribution in [2.24, 2.45) is 11.3 Å². The Morgan fingerprint density at radius 3 is 2.57 bits per heavy atom. The highest BCUT2D eigenvalue weighted by Gasteiger charge is 2.31. The van der Waals surface area contributed by atoms with E-state index in [4.69, 9.17) is 21.1 Å². The smallest absolute Gasteiger partial charge is 0.293 e. The standard InChI is InChI=1S/C45H50ClN7O7S/c1-45(2)16-12-33(38(26-45)31-6-8-34(46)9-7-31)29-51-18-20-52(21-19-51)40-5-3-4-37(42(40)60-35-24-32-13-17-47-43(32)49-28-35)44(54)50-61(57,58)36-10-11-39(41(25-36)53(55)56)48-27-30-14-22-59-23-15-30/h3-11,13,17,24-25,28,30,48H,12,14-16,18-23,26-27,29H2,1-2H3,(H,47,49)(H,50,54). The minimum atomic E-state index is -4.57. The Labute approximate surface area is 360 Å². The second kappa shape index (κ2) is 17.9.